The third kappa shape index (κ3) is 6.94. The number of rotatable bonds is 7. The molecule has 1 rings (SSSR count). The predicted octanol–water partition coefficient (Wildman–Crippen LogP) is 1.48. The highest BCUT2D eigenvalue weighted by Gasteiger charge is 2.34. The van der Waals surface area contributed by atoms with E-state index in [9.17, 15) is 21.6 Å². The summed E-state index contributed by atoms with van der Waals surface area (Å²) in [6.07, 6.45) is -3.89. The van der Waals surface area contributed by atoms with Gasteiger partial charge in [-0.1, -0.05) is 6.92 Å². The van der Waals surface area contributed by atoms with Crippen molar-refractivity contribution < 1.29 is 21.6 Å². The van der Waals surface area contributed by atoms with E-state index in [0.29, 0.717) is 13.1 Å². The highest BCUT2D eigenvalue weighted by Crippen LogP contribution is 2.23. The van der Waals surface area contributed by atoms with Crippen molar-refractivity contribution >= 4 is 10.2 Å². The van der Waals surface area contributed by atoms with Crippen molar-refractivity contribution in [3.63, 3.8) is 0 Å². The zero-order valence-electron chi connectivity index (χ0n) is 12.4. The Morgan fingerprint density at radius 2 is 2.05 bits per heavy atom. The summed E-state index contributed by atoms with van der Waals surface area (Å²) < 4.78 is 64.4. The molecule has 0 aromatic carbocycles. The number of piperidine rings is 1. The monoisotopic (exact) mass is 331 g/mol. The van der Waals surface area contributed by atoms with Crippen LogP contribution in [0.1, 0.15) is 33.1 Å². The molecule has 0 saturated carbocycles. The molecule has 21 heavy (non-hydrogen) atoms. The highest BCUT2D eigenvalue weighted by molar-refractivity contribution is 7.87. The van der Waals surface area contributed by atoms with Crippen LogP contribution in [-0.4, -0.2) is 51.1 Å². The van der Waals surface area contributed by atoms with Gasteiger partial charge in [-0.15, -0.1) is 0 Å². The van der Waals surface area contributed by atoms with Crippen molar-refractivity contribution in [1.29, 1.82) is 0 Å². The molecule has 2 atom stereocenters. The van der Waals surface area contributed by atoms with Crippen LogP contribution in [0.15, 0.2) is 0 Å². The number of nitrogens with zero attached hydrogens (tertiary/aromatic N) is 1. The molecule has 0 radical (unpaired) electrons. The van der Waals surface area contributed by atoms with Crippen molar-refractivity contribution in [1.82, 2.24) is 14.3 Å². The average molecular weight is 331 g/mol. The van der Waals surface area contributed by atoms with E-state index in [1.807, 2.05) is 6.92 Å². The maximum atomic E-state index is 12.3. The van der Waals surface area contributed by atoms with Gasteiger partial charge in [0.05, 0.1) is 6.42 Å². The first-order valence-electron chi connectivity index (χ1n) is 7.19. The zero-order chi connectivity index (χ0) is 16.1. The fraction of sp³-hybridized carbons (Fsp3) is 1.00. The van der Waals surface area contributed by atoms with Gasteiger partial charge in [0.1, 0.15) is 0 Å². The van der Waals surface area contributed by atoms with Crippen LogP contribution in [0.3, 0.4) is 0 Å². The molecule has 1 fully saturated rings. The molecule has 0 bridgehead atoms. The molecule has 5 nitrogen and oxygen atoms in total. The van der Waals surface area contributed by atoms with Crippen LogP contribution in [0.4, 0.5) is 13.2 Å². The molecule has 0 amide bonds. The SMILES string of the molecule is CCNCC1CCCN(S(=O)(=O)NC(C)CC(F)(F)F)C1. The van der Waals surface area contributed by atoms with Gasteiger partial charge >= 0.3 is 6.18 Å². The molecule has 1 aliphatic heterocycles. The molecular formula is C12H24F3N3O2S. The topological polar surface area (TPSA) is 61.4 Å². The first kappa shape index (κ1) is 18.7. The lowest BCUT2D eigenvalue weighted by Gasteiger charge is -2.33. The van der Waals surface area contributed by atoms with E-state index >= 15 is 0 Å². The maximum Gasteiger partial charge on any atom is 0.390 e. The zero-order valence-corrected chi connectivity index (χ0v) is 13.2. The summed E-state index contributed by atoms with van der Waals surface area (Å²) in [4.78, 5) is 0. The Labute approximate surface area is 124 Å². The van der Waals surface area contributed by atoms with E-state index in [1.54, 1.807) is 0 Å². The number of nitrogens with one attached hydrogen (secondary N) is 2. The Morgan fingerprint density at radius 3 is 2.62 bits per heavy atom. The van der Waals surface area contributed by atoms with Crippen LogP contribution in [-0.2, 0) is 10.2 Å². The lowest BCUT2D eigenvalue weighted by Crippen LogP contribution is -2.50. The Hall–Kier alpha value is -0.380. The molecule has 1 heterocycles. The molecule has 2 unspecified atom stereocenters. The van der Waals surface area contributed by atoms with Crippen molar-refractivity contribution in [3.8, 4) is 0 Å². The third-order valence-corrected chi connectivity index (χ3v) is 5.10. The van der Waals surface area contributed by atoms with Crippen molar-refractivity contribution in [2.45, 2.75) is 45.3 Å². The number of hydrogen-bond donors (Lipinski definition) is 2. The van der Waals surface area contributed by atoms with Crippen LogP contribution < -0.4 is 10.0 Å². The van der Waals surface area contributed by atoms with Crippen molar-refractivity contribution in [2.75, 3.05) is 26.2 Å². The second kappa shape index (κ2) is 7.75. The Bertz CT molecular complexity index is 414. The Balaban J connectivity index is 2.56. The Morgan fingerprint density at radius 1 is 1.38 bits per heavy atom. The molecule has 0 spiro atoms. The second-order valence-corrected chi connectivity index (χ2v) is 7.22. The lowest BCUT2D eigenvalue weighted by molar-refractivity contribution is -0.138. The molecular weight excluding hydrogens is 307 g/mol. The minimum atomic E-state index is -4.38. The first-order chi connectivity index (χ1) is 9.64. The van der Waals surface area contributed by atoms with Crippen LogP contribution in [0.2, 0.25) is 0 Å². The van der Waals surface area contributed by atoms with E-state index in [0.717, 1.165) is 25.9 Å². The van der Waals surface area contributed by atoms with Gasteiger partial charge in [-0.25, -0.2) is 0 Å². The van der Waals surface area contributed by atoms with Crippen molar-refractivity contribution in [2.24, 2.45) is 5.92 Å². The standard InChI is InChI=1S/C12H24F3N3O2S/c1-3-16-8-11-5-4-6-18(9-11)21(19,20)17-10(2)7-12(13,14)15/h10-11,16-17H,3-9H2,1-2H3. The summed E-state index contributed by atoms with van der Waals surface area (Å²) in [7, 11) is -3.86. The fourth-order valence-corrected chi connectivity index (χ4v) is 4.00. The summed E-state index contributed by atoms with van der Waals surface area (Å²) in [5.74, 6) is 0.202. The predicted molar refractivity (Wildman–Crippen MR) is 75.0 cm³/mol. The Kier molecular flexibility index (Phi) is 6.89. The van der Waals surface area contributed by atoms with E-state index in [4.69, 9.17) is 0 Å². The largest absolute Gasteiger partial charge is 0.390 e. The lowest BCUT2D eigenvalue weighted by atomic mass is 10.00. The summed E-state index contributed by atoms with van der Waals surface area (Å²) in [6.45, 7) is 5.44. The minimum Gasteiger partial charge on any atom is -0.317 e. The number of halogens is 3. The normalized spacial score (nSPS) is 23.2. The van der Waals surface area contributed by atoms with Gasteiger partial charge in [0.15, 0.2) is 0 Å². The number of hydrogen-bond acceptors (Lipinski definition) is 3. The fourth-order valence-electron chi connectivity index (χ4n) is 2.48. The van der Waals surface area contributed by atoms with Gasteiger partial charge in [-0.05, 0) is 38.8 Å². The summed E-state index contributed by atoms with van der Waals surface area (Å²) in [5, 5.41) is 3.17. The smallest absolute Gasteiger partial charge is 0.317 e. The molecule has 126 valence electrons. The van der Waals surface area contributed by atoms with Gasteiger partial charge in [0.25, 0.3) is 10.2 Å². The molecule has 2 N–H and O–H groups in total. The van der Waals surface area contributed by atoms with Gasteiger partial charge in [-0.3, -0.25) is 0 Å². The first-order valence-corrected chi connectivity index (χ1v) is 8.63. The summed E-state index contributed by atoms with van der Waals surface area (Å²) in [6, 6.07) is -1.16. The van der Waals surface area contributed by atoms with Gasteiger partial charge in [-0.2, -0.15) is 30.6 Å². The molecule has 9 heteroatoms. The van der Waals surface area contributed by atoms with E-state index in [2.05, 4.69) is 10.0 Å². The van der Waals surface area contributed by atoms with Crippen LogP contribution in [0.25, 0.3) is 0 Å². The molecule has 1 aliphatic rings. The minimum absolute atomic E-state index is 0.202. The molecule has 0 aromatic rings. The average Bonchev–Trinajstić information content (AvgIpc) is 2.33. The quantitative estimate of drug-likeness (QED) is 0.743. The summed E-state index contributed by atoms with van der Waals surface area (Å²) >= 11 is 0. The van der Waals surface area contributed by atoms with Crippen LogP contribution in [0, 0.1) is 5.92 Å². The van der Waals surface area contributed by atoms with Gasteiger partial charge < -0.3 is 5.32 Å². The van der Waals surface area contributed by atoms with Gasteiger partial charge in [0, 0.05) is 19.1 Å². The molecule has 0 aromatic heterocycles. The van der Waals surface area contributed by atoms with E-state index in [-0.39, 0.29) is 5.92 Å². The van der Waals surface area contributed by atoms with E-state index < -0.39 is 28.8 Å². The van der Waals surface area contributed by atoms with Crippen LogP contribution in [0.5, 0.6) is 0 Å². The second-order valence-electron chi connectivity index (χ2n) is 5.52. The molecule has 0 aliphatic carbocycles. The highest BCUT2D eigenvalue weighted by atomic mass is 32.2. The maximum absolute atomic E-state index is 12.3. The van der Waals surface area contributed by atoms with E-state index in [1.165, 1.54) is 11.2 Å². The van der Waals surface area contributed by atoms with Gasteiger partial charge in [0.2, 0.25) is 0 Å². The number of alkyl halides is 3. The summed E-state index contributed by atoms with van der Waals surface area (Å²) in [5.41, 5.74) is 0. The molecule has 1 saturated heterocycles. The van der Waals surface area contributed by atoms with Crippen LogP contribution >= 0.6 is 0 Å². The van der Waals surface area contributed by atoms with Crippen molar-refractivity contribution in [3.05, 3.63) is 0 Å². The third-order valence-electron chi connectivity index (χ3n) is 3.39.